The van der Waals surface area contributed by atoms with Gasteiger partial charge in [0.25, 0.3) is 0 Å². The molecule has 0 spiro atoms. The lowest BCUT2D eigenvalue weighted by atomic mass is 9.92. The van der Waals surface area contributed by atoms with Crippen molar-refractivity contribution < 1.29 is 14.6 Å². The second kappa shape index (κ2) is 8.19. The molecule has 0 radical (unpaired) electrons. The monoisotopic (exact) mass is 346 g/mol. The summed E-state index contributed by atoms with van der Waals surface area (Å²) in [4.78, 5) is 16.7. The number of para-hydroxylation sites is 1. The standard InChI is InChI=1S/C20H30N2O3/c1-17-7-5-6-12-22(17)19(23)15-21-13-10-20(24,11-14-21)16-25-18-8-3-2-4-9-18/h2-4,8-9,17,24H,5-7,10-16H2,1H3. The molecule has 3 rings (SSSR count). The number of piperidine rings is 2. The zero-order valence-electron chi connectivity index (χ0n) is 15.2. The number of amides is 1. The van der Waals surface area contributed by atoms with Crippen molar-refractivity contribution in [3.05, 3.63) is 30.3 Å². The van der Waals surface area contributed by atoms with Gasteiger partial charge in [0.2, 0.25) is 5.91 Å². The van der Waals surface area contributed by atoms with Gasteiger partial charge >= 0.3 is 0 Å². The third-order valence-electron chi connectivity index (χ3n) is 5.52. The molecule has 5 nitrogen and oxygen atoms in total. The van der Waals surface area contributed by atoms with Crippen molar-refractivity contribution in [2.45, 2.75) is 50.7 Å². The third kappa shape index (κ3) is 4.95. The number of hydrogen-bond donors (Lipinski definition) is 1. The average molecular weight is 346 g/mol. The van der Waals surface area contributed by atoms with Gasteiger partial charge in [-0.15, -0.1) is 0 Å². The van der Waals surface area contributed by atoms with Gasteiger partial charge in [-0.25, -0.2) is 0 Å². The van der Waals surface area contributed by atoms with Crippen LogP contribution >= 0.6 is 0 Å². The van der Waals surface area contributed by atoms with Crippen molar-refractivity contribution in [2.24, 2.45) is 0 Å². The summed E-state index contributed by atoms with van der Waals surface area (Å²) in [5.74, 6) is 1.02. The van der Waals surface area contributed by atoms with Crippen molar-refractivity contribution in [3.63, 3.8) is 0 Å². The SMILES string of the molecule is CC1CCCCN1C(=O)CN1CCC(O)(COc2ccccc2)CC1. The largest absolute Gasteiger partial charge is 0.491 e. The van der Waals surface area contributed by atoms with Crippen LogP contribution in [-0.2, 0) is 4.79 Å². The van der Waals surface area contributed by atoms with Crippen LogP contribution in [0.1, 0.15) is 39.0 Å². The van der Waals surface area contributed by atoms with E-state index >= 15 is 0 Å². The number of carbonyl (C=O) groups is 1. The lowest BCUT2D eigenvalue weighted by Crippen LogP contribution is -2.52. The zero-order valence-corrected chi connectivity index (χ0v) is 15.2. The van der Waals surface area contributed by atoms with E-state index in [4.69, 9.17) is 4.74 Å². The Labute approximate surface area is 150 Å². The minimum absolute atomic E-state index is 0.234. The molecule has 2 heterocycles. The minimum atomic E-state index is -0.798. The fraction of sp³-hybridized carbons (Fsp3) is 0.650. The maximum absolute atomic E-state index is 12.5. The lowest BCUT2D eigenvalue weighted by Gasteiger charge is -2.39. The summed E-state index contributed by atoms with van der Waals surface area (Å²) in [6.07, 6.45) is 4.74. The summed E-state index contributed by atoms with van der Waals surface area (Å²) in [5.41, 5.74) is -0.798. The molecule has 5 heteroatoms. The highest BCUT2D eigenvalue weighted by Crippen LogP contribution is 2.24. The number of carbonyl (C=O) groups excluding carboxylic acids is 1. The normalized spacial score (nSPS) is 24.1. The molecule has 2 fully saturated rings. The molecule has 25 heavy (non-hydrogen) atoms. The lowest BCUT2D eigenvalue weighted by molar-refractivity contribution is -0.137. The Morgan fingerprint density at radius 1 is 1.20 bits per heavy atom. The molecule has 1 aromatic rings. The van der Waals surface area contributed by atoms with E-state index in [-0.39, 0.29) is 5.91 Å². The van der Waals surface area contributed by atoms with E-state index < -0.39 is 5.60 Å². The second-order valence-electron chi connectivity index (χ2n) is 7.53. The molecule has 1 unspecified atom stereocenters. The van der Waals surface area contributed by atoms with Crippen molar-refractivity contribution in [1.29, 1.82) is 0 Å². The quantitative estimate of drug-likeness (QED) is 0.889. The van der Waals surface area contributed by atoms with Gasteiger partial charge in [-0.1, -0.05) is 18.2 Å². The molecule has 138 valence electrons. The predicted molar refractivity (Wildman–Crippen MR) is 97.6 cm³/mol. The van der Waals surface area contributed by atoms with Gasteiger partial charge in [-0.2, -0.15) is 0 Å². The summed E-state index contributed by atoms with van der Waals surface area (Å²) in [6.45, 7) is 5.29. The Balaban J connectivity index is 1.44. The van der Waals surface area contributed by atoms with Crippen molar-refractivity contribution in [2.75, 3.05) is 32.8 Å². The predicted octanol–water partition coefficient (Wildman–Crippen LogP) is 2.29. The Morgan fingerprint density at radius 2 is 1.92 bits per heavy atom. The van der Waals surface area contributed by atoms with E-state index in [1.54, 1.807) is 0 Å². The number of hydrogen-bond acceptors (Lipinski definition) is 4. The Hall–Kier alpha value is -1.59. The van der Waals surface area contributed by atoms with E-state index in [0.29, 0.717) is 32.0 Å². The first kappa shape index (κ1) is 18.2. The van der Waals surface area contributed by atoms with E-state index in [2.05, 4.69) is 11.8 Å². The number of nitrogens with zero attached hydrogens (tertiary/aromatic N) is 2. The molecule has 1 aromatic carbocycles. The molecule has 1 atom stereocenters. The summed E-state index contributed by atoms with van der Waals surface area (Å²) in [7, 11) is 0. The first-order valence-corrected chi connectivity index (χ1v) is 9.48. The van der Waals surface area contributed by atoms with Crippen LogP contribution in [0.15, 0.2) is 30.3 Å². The van der Waals surface area contributed by atoms with Crippen LogP contribution in [0.3, 0.4) is 0 Å². The zero-order chi connectivity index (χ0) is 17.7. The van der Waals surface area contributed by atoms with Crippen LogP contribution in [-0.4, -0.2) is 65.2 Å². The third-order valence-corrected chi connectivity index (χ3v) is 5.52. The van der Waals surface area contributed by atoms with Gasteiger partial charge in [0, 0.05) is 25.7 Å². The minimum Gasteiger partial charge on any atom is -0.491 e. The van der Waals surface area contributed by atoms with E-state index in [0.717, 1.165) is 38.2 Å². The van der Waals surface area contributed by atoms with Gasteiger partial charge in [0.1, 0.15) is 18.0 Å². The highest BCUT2D eigenvalue weighted by Gasteiger charge is 2.34. The van der Waals surface area contributed by atoms with Gasteiger partial charge in [-0.05, 0) is 51.2 Å². The molecule has 0 aromatic heterocycles. The Kier molecular flexibility index (Phi) is 5.97. The number of likely N-dealkylation sites (tertiary alicyclic amines) is 2. The summed E-state index contributed by atoms with van der Waals surface area (Å²) >= 11 is 0. The second-order valence-corrected chi connectivity index (χ2v) is 7.53. The first-order chi connectivity index (χ1) is 12.1. The number of benzene rings is 1. The van der Waals surface area contributed by atoms with Crippen LogP contribution in [0.4, 0.5) is 0 Å². The van der Waals surface area contributed by atoms with Gasteiger partial charge in [0.15, 0.2) is 0 Å². The van der Waals surface area contributed by atoms with Crippen molar-refractivity contribution >= 4 is 5.91 Å². The van der Waals surface area contributed by atoms with Crippen LogP contribution in [0.25, 0.3) is 0 Å². The Morgan fingerprint density at radius 3 is 2.60 bits per heavy atom. The molecule has 0 aliphatic carbocycles. The molecule has 0 saturated carbocycles. The molecule has 2 aliphatic heterocycles. The van der Waals surface area contributed by atoms with Crippen LogP contribution in [0, 0.1) is 0 Å². The average Bonchev–Trinajstić information content (AvgIpc) is 2.63. The molecule has 2 aliphatic rings. The van der Waals surface area contributed by atoms with Crippen molar-refractivity contribution in [3.8, 4) is 5.75 Å². The van der Waals surface area contributed by atoms with E-state index in [1.165, 1.54) is 6.42 Å². The van der Waals surface area contributed by atoms with E-state index in [1.807, 2.05) is 35.2 Å². The van der Waals surface area contributed by atoms with Crippen LogP contribution < -0.4 is 4.74 Å². The number of ether oxygens (including phenoxy) is 1. The fourth-order valence-electron chi connectivity index (χ4n) is 3.76. The Bertz CT molecular complexity index is 555. The molecule has 1 N–H and O–H groups in total. The molecule has 1 amide bonds. The highest BCUT2D eigenvalue weighted by atomic mass is 16.5. The summed E-state index contributed by atoms with van der Waals surface area (Å²) in [6, 6.07) is 9.96. The summed E-state index contributed by atoms with van der Waals surface area (Å²) in [5, 5.41) is 10.7. The van der Waals surface area contributed by atoms with Gasteiger partial charge < -0.3 is 14.7 Å². The topological polar surface area (TPSA) is 53.0 Å². The molecular weight excluding hydrogens is 316 g/mol. The van der Waals surface area contributed by atoms with Gasteiger partial charge in [0.05, 0.1) is 6.54 Å². The molecule has 2 saturated heterocycles. The number of rotatable bonds is 5. The van der Waals surface area contributed by atoms with Crippen LogP contribution in [0.5, 0.6) is 5.75 Å². The molecular formula is C20H30N2O3. The van der Waals surface area contributed by atoms with Crippen LogP contribution in [0.2, 0.25) is 0 Å². The number of aliphatic hydroxyl groups is 1. The summed E-state index contributed by atoms with van der Waals surface area (Å²) < 4.78 is 5.73. The highest BCUT2D eigenvalue weighted by molar-refractivity contribution is 5.78. The molecule has 0 bridgehead atoms. The smallest absolute Gasteiger partial charge is 0.236 e. The fourth-order valence-corrected chi connectivity index (χ4v) is 3.76. The first-order valence-electron chi connectivity index (χ1n) is 9.48. The van der Waals surface area contributed by atoms with Gasteiger partial charge in [-0.3, -0.25) is 9.69 Å². The maximum Gasteiger partial charge on any atom is 0.236 e. The van der Waals surface area contributed by atoms with Crippen molar-refractivity contribution in [1.82, 2.24) is 9.80 Å². The van der Waals surface area contributed by atoms with E-state index in [9.17, 15) is 9.90 Å². The maximum atomic E-state index is 12.5.